The normalized spacial score (nSPS) is 15.5. The lowest BCUT2D eigenvalue weighted by molar-refractivity contribution is -0.384. The van der Waals surface area contributed by atoms with E-state index in [2.05, 4.69) is 12.2 Å². The lowest BCUT2D eigenvalue weighted by Crippen LogP contribution is -2.44. The van der Waals surface area contributed by atoms with Gasteiger partial charge in [0.15, 0.2) is 6.10 Å². The van der Waals surface area contributed by atoms with Crippen LogP contribution in [-0.2, 0) is 9.59 Å². The van der Waals surface area contributed by atoms with Crippen molar-refractivity contribution >= 4 is 35.0 Å². The molecule has 1 N–H and O–H groups in total. The minimum absolute atomic E-state index is 0.00904. The third-order valence-corrected chi connectivity index (χ3v) is 4.95. The van der Waals surface area contributed by atoms with E-state index < -0.39 is 11.0 Å². The summed E-state index contributed by atoms with van der Waals surface area (Å²) in [7, 11) is 0. The summed E-state index contributed by atoms with van der Waals surface area (Å²) in [6.45, 7) is 4.44. The number of fused-ring (bicyclic) bond motifs is 1. The molecule has 1 aliphatic rings. The Labute approximate surface area is 180 Å². The zero-order valence-corrected chi connectivity index (χ0v) is 17.5. The Balaban J connectivity index is 1.71. The Bertz CT molecular complexity index is 1000. The first-order valence-corrected chi connectivity index (χ1v) is 10.2. The minimum Gasteiger partial charge on any atom is -0.479 e. The van der Waals surface area contributed by atoms with E-state index >= 15 is 0 Å². The quantitative estimate of drug-likeness (QED) is 0.290. The Morgan fingerprint density at radius 3 is 2.65 bits per heavy atom. The van der Waals surface area contributed by atoms with Crippen LogP contribution in [0.15, 0.2) is 48.5 Å². The molecule has 0 bridgehead atoms. The second-order valence-electron chi connectivity index (χ2n) is 7.31. The molecule has 0 radical (unpaired) electrons. The largest absolute Gasteiger partial charge is 0.479 e. The summed E-state index contributed by atoms with van der Waals surface area (Å²) in [5, 5.41) is 13.5. The number of benzene rings is 2. The molecular weight excluding hydrogens is 398 g/mol. The van der Waals surface area contributed by atoms with Crippen LogP contribution in [0.5, 0.6) is 5.75 Å². The van der Waals surface area contributed by atoms with Gasteiger partial charge in [0, 0.05) is 30.4 Å². The number of ether oxygens (including phenoxy) is 1. The molecule has 8 nitrogen and oxygen atoms in total. The topological polar surface area (TPSA) is 102 Å². The van der Waals surface area contributed by atoms with E-state index in [0.29, 0.717) is 29.2 Å². The molecule has 1 aliphatic heterocycles. The molecule has 0 aliphatic carbocycles. The van der Waals surface area contributed by atoms with Crippen LogP contribution in [0.25, 0.3) is 6.08 Å². The van der Waals surface area contributed by atoms with Crippen LogP contribution >= 0.6 is 0 Å². The number of nitro groups is 1. The van der Waals surface area contributed by atoms with Crippen molar-refractivity contribution in [3.05, 3.63) is 64.2 Å². The van der Waals surface area contributed by atoms with Crippen molar-refractivity contribution in [2.45, 2.75) is 39.2 Å². The SMILES string of the molecule is CCCCCN1C(=O)C(C)Oc2ccc(NC(=O)/C=C/c3ccc([N+](=O)[O-])cc3)cc21. The van der Waals surface area contributed by atoms with Gasteiger partial charge < -0.3 is 15.0 Å². The van der Waals surface area contributed by atoms with Gasteiger partial charge in [0.1, 0.15) is 5.75 Å². The van der Waals surface area contributed by atoms with Gasteiger partial charge in [-0.1, -0.05) is 19.8 Å². The summed E-state index contributed by atoms with van der Waals surface area (Å²) in [6.07, 6.45) is 5.35. The summed E-state index contributed by atoms with van der Waals surface area (Å²) in [6, 6.07) is 11.1. The number of amides is 2. The standard InChI is InChI=1S/C23H25N3O5/c1-3-4-5-14-25-20-15-18(9-12-21(20)31-16(2)23(25)28)24-22(27)13-8-17-6-10-19(11-7-17)26(29)30/h6-13,15-16H,3-5,14H2,1-2H3,(H,24,27)/b13-8+. The molecule has 1 atom stereocenters. The average Bonchev–Trinajstić information content (AvgIpc) is 2.75. The highest BCUT2D eigenvalue weighted by Crippen LogP contribution is 2.36. The number of carbonyl (C=O) groups is 2. The first-order chi connectivity index (χ1) is 14.9. The van der Waals surface area contributed by atoms with Crippen LogP contribution < -0.4 is 15.0 Å². The molecule has 2 aromatic carbocycles. The average molecular weight is 423 g/mol. The number of unbranched alkanes of at least 4 members (excludes halogenated alkanes) is 2. The van der Waals surface area contributed by atoms with E-state index in [1.807, 2.05) is 0 Å². The van der Waals surface area contributed by atoms with Crippen LogP contribution in [0.4, 0.5) is 17.1 Å². The zero-order valence-electron chi connectivity index (χ0n) is 17.5. The predicted octanol–water partition coefficient (Wildman–Crippen LogP) is 4.55. The third-order valence-electron chi connectivity index (χ3n) is 4.95. The summed E-state index contributed by atoms with van der Waals surface area (Å²) < 4.78 is 5.71. The minimum atomic E-state index is -0.542. The molecule has 31 heavy (non-hydrogen) atoms. The molecule has 0 saturated carbocycles. The monoisotopic (exact) mass is 423 g/mol. The number of carbonyl (C=O) groups excluding carboxylic acids is 2. The van der Waals surface area contributed by atoms with Crippen LogP contribution in [0.2, 0.25) is 0 Å². The Morgan fingerprint density at radius 1 is 1.23 bits per heavy atom. The molecule has 162 valence electrons. The number of hydrogen-bond acceptors (Lipinski definition) is 5. The molecule has 2 aromatic rings. The molecule has 0 spiro atoms. The molecule has 3 rings (SSSR count). The maximum absolute atomic E-state index is 12.6. The molecule has 1 unspecified atom stereocenters. The molecule has 0 saturated heterocycles. The van der Waals surface area contributed by atoms with E-state index in [9.17, 15) is 19.7 Å². The molecule has 2 amide bonds. The van der Waals surface area contributed by atoms with Crippen molar-refractivity contribution in [1.82, 2.24) is 0 Å². The van der Waals surface area contributed by atoms with Crippen LogP contribution in [-0.4, -0.2) is 29.4 Å². The van der Waals surface area contributed by atoms with Gasteiger partial charge in [0.25, 0.3) is 11.6 Å². The van der Waals surface area contributed by atoms with E-state index in [4.69, 9.17) is 4.74 Å². The molecule has 1 heterocycles. The fraction of sp³-hybridized carbons (Fsp3) is 0.304. The van der Waals surface area contributed by atoms with Gasteiger partial charge in [-0.25, -0.2) is 0 Å². The lowest BCUT2D eigenvalue weighted by atomic mass is 10.1. The number of anilines is 2. The van der Waals surface area contributed by atoms with E-state index in [1.54, 1.807) is 48.2 Å². The van der Waals surface area contributed by atoms with Crippen molar-refractivity contribution in [2.75, 3.05) is 16.8 Å². The first-order valence-electron chi connectivity index (χ1n) is 10.2. The highest BCUT2D eigenvalue weighted by atomic mass is 16.6. The maximum Gasteiger partial charge on any atom is 0.269 e. The number of nitro benzene ring substituents is 1. The fourth-order valence-corrected chi connectivity index (χ4v) is 3.30. The van der Waals surface area contributed by atoms with E-state index in [-0.39, 0.29) is 17.5 Å². The predicted molar refractivity (Wildman–Crippen MR) is 119 cm³/mol. The number of nitrogens with one attached hydrogen (secondary N) is 1. The molecular formula is C23H25N3O5. The van der Waals surface area contributed by atoms with Crippen LogP contribution in [0.1, 0.15) is 38.7 Å². The van der Waals surface area contributed by atoms with E-state index in [1.165, 1.54) is 18.2 Å². The van der Waals surface area contributed by atoms with Crippen molar-refractivity contribution in [1.29, 1.82) is 0 Å². The highest BCUT2D eigenvalue weighted by molar-refractivity contribution is 6.04. The van der Waals surface area contributed by atoms with Gasteiger partial charge >= 0.3 is 0 Å². The molecule has 8 heteroatoms. The Hall–Kier alpha value is -3.68. The van der Waals surface area contributed by atoms with Gasteiger partial charge in [-0.3, -0.25) is 19.7 Å². The van der Waals surface area contributed by atoms with Gasteiger partial charge in [-0.2, -0.15) is 0 Å². The third kappa shape index (κ3) is 5.48. The van der Waals surface area contributed by atoms with E-state index in [0.717, 1.165) is 19.3 Å². The number of non-ortho nitro benzene ring substituents is 1. The summed E-state index contributed by atoms with van der Waals surface area (Å²) >= 11 is 0. The molecule has 0 aromatic heterocycles. The van der Waals surface area contributed by atoms with Crippen LogP contribution in [0, 0.1) is 10.1 Å². The van der Waals surface area contributed by atoms with Gasteiger partial charge in [-0.15, -0.1) is 0 Å². The van der Waals surface area contributed by atoms with Crippen molar-refractivity contribution in [2.24, 2.45) is 0 Å². The zero-order chi connectivity index (χ0) is 22.4. The van der Waals surface area contributed by atoms with Gasteiger partial charge in [-0.05, 0) is 55.3 Å². The fourth-order valence-electron chi connectivity index (χ4n) is 3.30. The van der Waals surface area contributed by atoms with Crippen LogP contribution in [0.3, 0.4) is 0 Å². The van der Waals surface area contributed by atoms with Crippen molar-refractivity contribution in [3.8, 4) is 5.75 Å². The van der Waals surface area contributed by atoms with Crippen molar-refractivity contribution in [3.63, 3.8) is 0 Å². The summed E-state index contributed by atoms with van der Waals surface area (Å²) in [4.78, 5) is 36.9. The Kier molecular flexibility index (Phi) is 7.02. The highest BCUT2D eigenvalue weighted by Gasteiger charge is 2.31. The maximum atomic E-state index is 12.6. The number of hydrogen-bond donors (Lipinski definition) is 1. The number of rotatable bonds is 8. The first kappa shape index (κ1) is 22.0. The van der Waals surface area contributed by atoms with Crippen molar-refractivity contribution < 1.29 is 19.2 Å². The lowest BCUT2D eigenvalue weighted by Gasteiger charge is -2.33. The summed E-state index contributed by atoms with van der Waals surface area (Å²) in [5.74, 6) is 0.167. The van der Waals surface area contributed by atoms with Gasteiger partial charge in [0.2, 0.25) is 5.91 Å². The Morgan fingerprint density at radius 2 is 1.97 bits per heavy atom. The summed E-state index contributed by atoms with van der Waals surface area (Å²) in [5.41, 5.74) is 1.85. The second-order valence-corrected chi connectivity index (χ2v) is 7.31. The smallest absolute Gasteiger partial charge is 0.269 e. The van der Waals surface area contributed by atoms with Gasteiger partial charge in [0.05, 0.1) is 10.6 Å². The second kappa shape index (κ2) is 9.88. The number of nitrogens with zero attached hydrogens (tertiary/aromatic N) is 2. The molecule has 0 fully saturated rings.